The van der Waals surface area contributed by atoms with E-state index < -0.39 is 7.60 Å². The van der Waals surface area contributed by atoms with E-state index in [1.807, 2.05) is 6.07 Å². The Morgan fingerprint density at radius 3 is 2.08 bits per heavy atom. The van der Waals surface area contributed by atoms with Crippen LogP contribution in [0.3, 0.4) is 0 Å². The minimum absolute atomic E-state index is 0. The molecule has 3 nitrogen and oxygen atoms in total. The van der Waals surface area contributed by atoms with Gasteiger partial charge in [0.1, 0.15) is 0 Å². The molecule has 0 radical (unpaired) electrons. The summed E-state index contributed by atoms with van der Waals surface area (Å²) >= 11 is 0. The molecule has 1 aromatic rings. The Bertz CT molecular complexity index is 269. The van der Waals surface area contributed by atoms with Crippen LogP contribution in [0.25, 0.3) is 0 Å². The first-order valence-corrected chi connectivity index (χ1v) is 4.96. The zero-order chi connectivity index (χ0) is 8.32. The van der Waals surface area contributed by atoms with Crippen molar-refractivity contribution in [2.24, 2.45) is 0 Å². The average Bonchev–Trinajstić information content (AvgIpc) is 1.85. The molecule has 12 heavy (non-hydrogen) atoms. The summed E-state index contributed by atoms with van der Waals surface area (Å²) in [5, 5.41) is 0. The maximum atomic E-state index is 10.5. The van der Waals surface area contributed by atoms with Crippen molar-refractivity contribution in [3.8, 4) is 0 Å². The van der Waals surface area contributed by atoms with Gasteiger partial charge in [0, 0.05) is 27.3 Å². The van der Waals surface area contributed by atoms with Gasteiger partial charge in [-0.15, -0.1) is 0 Å². The van der Waals surface area contributed by atoms with E-state index in [9.17, 15) is 4.57 Å². The second-order valence-electron chi connectivity index (χ2n) is 2.31. The molecule has 0 aliphatic rings. The van der Waals surface area contributed by atoms with Gasteiger partial charge in [0.05, 0.1) is 6.16 Å². The summed E-state index contributed by atoms with van der Waals surface area (Å²) < 4.78 is 10.5. The van der Waals surface area contributed by atoms with Crippen molar-refractivity contribution in [3.05, 3.63) is 35.9 Å². The Hall–Kier alpha value is 0.292. The third-order valence-corrected chi connectivity index (χ3v) is 2.01. The molecular formula is C7H9CdO3P. The number of benzene rings is 1. The fourth-order valence-electron chi connectivity index (χ4n) is 0.821. The van der Waals surface area contributed by atoms with Gasteiger partial charge < -0.3 is 9.79 Å². The van der Waals surface area contributed by atoms with Crippen LogP contribution in [0.4, 0.5) is 0 Å². The van der Waals surface area contributed by atoms with E-state index >= 15 is 0 Å². The average molecular weight is 285 g/mol. The molecule has 0 unspecified atom stereocenters. The predicted octanol–water partition coefficient (Wildman–Crippen LogP) is 1.36. The van der Waals surface area contributed by atoms with E-state index in [0.717, 1.165) is 0 Å². The molecule has 1 aromatic carbocycles. The molecule has 0 spiro atoms. The van der Waals surface area contributed by atoms with Crippen molar-refractivity contribution in [1.82, 2.24) is 0 Å². The topological polar surface area (TPSA) is 57.5 Å². The normalized spacial score (nSPS) is 10.5. The van der Waals surface area contributed by atoms with Crippen LogP contribution in [0.1, 0.15) is 5.56 Å². The van der Waals surface area contributed by atoms with Gasteiger partial charge in [-0.2, -0.15) is 0 Å². The molecule has 2 N–H and O–H groups in total. The van der Waals surface area contributed by atoms with Gasteiger partial charge in [-0.1, -0.05) is 30.3 Å². The Labute approximate surface area is 91.1 Å². The minimum atomic E-state index is -3.89. The molecule has 62 valence electrons. The molecule has 0 aliphatic carbocycles. The molecule has 0 fully saturated rings. The van der Waals surface area contributed by atoms with Gasteiger partial charge in [0.15, 0.2) is 0 Å². The SMILES string of the molecule is O=P(O)(O)Cc1ccccc1.[Cd]. The first-order valence-electron chi connectivity index (χ1n) is 3.16. The van der Waals surface area contributed by atoms with Crippen molar-refractivity contribution < 1.29 is 41.7 Å². The van der Waals surface area contributed by atoms with Crippen LogP contribution in [0.15, 0.2) is 30.3 Å². The van der Waals surface area contributed by atoms with E-state index in [1.165, 1.54) is 0 Å². The van der Waals surface area contributed by atoms with Crippen LogP contribution in [-0.4, -0.2) is 9.79 Å². The van der Waals surface area contributed by atoms with Crippen LogP contribution < -0.4 is 0 Å². The maximum Gasteiger partial charge on any atom is 0.329 e. The van der Waals surface area contributed by atoms with Crippen molar-refractivity contribution in [1.29, 1.82) is 0 Å². The summed E-state index contributed by atoms with van der Waals surface area (Å²) in [5.41, 5.74) is 0.667. The van der Waals surface area contributed by atoms with E-state index in [4.69, 9.17) is 9.79 Å². The summed E-state index contributed by atoms with van der Waals surface area (Å²) in [6.07, 6.45) is -0.173. The molecule has 0 saturated heterocycles. The number of hydrogen-bond acceptors (Lipinski definition) is 1. The first kappa shape index (κ1) is 12.3. The van der Waals surface area contributed by atoms with Gasteiger partial charge in [-0.05, 0) is 5.56 Å². The van der Waals surface area contributed by atoms with E-state index in [0.29, 0.717) is 5.56 Å². The molecule has 0 saturated carbocycles. The molecule has 0 aromatic heterocycles. The van der Waals surface area contributed by atoms with E-state index in [1.54, 1.807) is 24.3 Å². The van der Waals surface area contributed by atoms with Crippen molar-refractivity contribution in [3.63, 3.8) is 0 Å². The minimum Gasteiger partial charge on any atom is -0.324 e. The van der Waals surface area contributed by atoms with E-state index in [2.05, 4.69) is 0 Å². The molecule has 0 atom stereocenters. The monoisotopic (exact) mass is 286 g/mol. The van der Waals surface area contributed by atoms with Crippen LogP contribution in [0, 0.1) is 0 Å². The Kier molecular flexibility index (Phi) is 5.24. The van der Waals surface area contributed by atoms with Gasteiger partial charge in [0.2, 0.25) is 0 Å². The summed E-state index contributed by atoms with van der Waals surface area (Å²) in [5.74, 6) is 0. The summed E-state index contributed by atoms with van der Waals surface area (Å²) in [4.78, 5) is 17.2. The molecule has 0 amide bonds. The van der Waals surface area contributed by atoms with Gasteiger partial charge in [0.25, 0.3) is 0 Å². The zero-order valence-electron chi connectivity index (χ0n) is 6.55. The number of hydrogen-bond donors (Lipinski definition) is 2. The summed E-state index contributed by atoms with van der Waals surface area (Å²) in [6, 6.07) is 8.71. The fraction of sp³-hybridized carbons (Fsp3) is 0.143. The standard InChI is InChI=1S/C7H9O3P.Cd/c8-11(9,10)6-7-4-2-1-3-5-7;/h1-5H,6H2,(H2,8,9,10);. The summed E-state index contributed by atoms with van der Waals surface area (Å²) in [6.45, 7) is 0. The molecule has 5 heteroatoms. The molecule has 0 aliphatic heterocycles. The smallest absolute Gasteiger partial charge is 0.324 e. The largest absolute Gasteiger partial charge is 0.329 e. The van der Waals surface area contributed by atoms with Crippen molar-refractivity contribution >= 4 is 7.60 Å². The maximum absolute atomic E-state index is 10.5. The molecule has 0 bridgehead atoms. The third kappa shape index (κ3) is 5.03. The second-order valence-corrected chi connectivity index (χ2v) is 3.95. The Balaban J connectivity index is 0.00000121. The predicted molar refractivity (Wildman–Crippen MR) is 42.2 cm³/mol. The summed E-state index contributed by atoms with van der Waals surface area (Å²) in [7, 11) is -3.89. The van der Waals surface area contributed by atoms with E-state index in [-0.39, 0.29) is 33.5 Å². The van der Waals surface area contributed by atoms with Gasteiger partial charge >= 0.3 is 7.60 Å². The van der Waals surface area contributed by atoms with Crippen LogP contribution in [-0.2, 0) is 38.0 Å². The molecular weight excluding hydrogens is 275 g/mol. The second kappa shape index (κ2) is 5.12. The fourth-order valence-corrected chi connectivity index (χ4v) is 1.51. The Morgan fingerprint density at radius 1 is 1.17 bits per heavy atom. The Morgan fingerprint density at radius 2 is 1.67 bits per heavy atom. The van der Waals surface area contributed by atoms with Crippen LogP contribution in [0.2, 0.25) is 0 Å². The van der Waals surface area contributed by atoms with Crippen molar-refractivity contribution in [2.45, 2.75) is 6.16 Å². The number of rotatable bonds is 2. The molecule has 1 rings (SSSR count). The van der Waals surface area contributed by atoms with Crippen LogP contribution >= 0.6 is 7.60 Å². The van der Waals surface area contributed by atoms with Crippen molar-refractivity contribution in [2.75, 3.05) is 0 Å². The van der Waals surface area contributed by atoms with Crippen LogP contribution in [0.5, 0.6) is 0 Å². The molecule has 0 heterocycles. The zero-order valence-corrected chi connectivity index (χ0v) is 11.5. The third-order valence-electron chi connectivity index (χ3n) is 1.23. The van der Waals surface area contributed by atoms with Gasteiger partial charge in [-0.3, -0.25) is 4.57 Å². The van der Waals surface area contributed by atoms with Gasteiger partial charge in [-0.25, -0.2) is 0 Å². The first-order chi connectivity index (χ1) is 5.08. The quantitative estimate of drug-likeness (QED) is 0.637.